The van der Waals surface area contributed by atoms with Gasteiger partial charge in [-0.1, -0.05) is 30.3 Å². The molecule has 2 aromatic carbocycles. The lowest BCUT2D eigenvalue weighted by molar-refractivity contribution is -0.151. The zero-order valence-electron chi connectivity index (χ0n) is 16.3. The van der Waals surface area contributed by atoms with Gasteiger partial charge >= 0.3 is 11.9 Å². The van der Waals surface area contributed by atoms with Crippen molar-refractivity contribution >= 4 is 17.8 Å². The Morgan fingerprint density at radius 3 is 2.17 bits per heavy atom. The van der Waals surface area contributed by atoms with Crippen LogP contribution in [0.3, 0.4) is 0 Å². The summed E-state index contributed by atoms with van der Waals surface area (Å²) in [5.41, 5.74) is 0.855. The predicted molar refractivity (Wildman–Crippen MR) is 104 cm³/mol. The molecule has 0 heterocycles. The molecule has 0 unspecified atom stereocenters. The monoisotopic (exact) mass is 401 g/mol. The molecule has 1 amide bonds. The van der Waals surface area contributed by atoms with Gasteiger partial charge in [-0.3, -0.25) is 4.79 Å². The number of ether oxygens (including phenoxy) is 4. The number of benzene rings is 2. The molecule has 1 atom stereocenters. The van der Waals surface area contributed by atoms with Crippen molar-refractivity contribution in [2.75, 3.05) is 27.4 Å². The Morgan fingerprint density at radius 2 is 1.55 bits per heavy atom. The average molecular weight is 401 g/mol. The van der Waals surface area contributed by atoms with Gasteiger partial charge in [-0.25, -0.2) is 9.59 Å². The highest BCUT2D eigenvalue weighted by Gasteiger charge is 2.22. The number of hydrogen-bond acceptors (Lipinski definition) is 7. The molecule has 0 spiro atoms. The summed E-state index contributed by atoms with van der Waals surface area (Å²) in [6, 6.07) is 14.9. The molecule has 0 fully saturated rings. The topological polar surface area (TPSA) is 100 Å². The van der Waals surface area contributed by atoms with Gasteiger partial charge in [0.25, 0.3) is 5.91 Å². The van der Waals surface area contributed by atoms with Crippen molar-refractivity contribution < 1.29 is 33.3 Å². The van der Waals surface area contributed by atoms with Gasteiger partial charge in [0.2, 0.25) is 0 Å². The van der Waals surface area contributed by atoms with E-state index in [1.54, 1.807) is 31.4 Å². The molecule has 8 nitrogen and oxygen atoms in total. The highest BCUT2D eigenvalue weighted by molar-refractivity contribution is 5.86. The lowest BCUT2D eigenvalue weighted by atomic mass is 10.1. The number of carbonyl (C=O) groups is 3. The van der Waals surface area contributed by atoms with Gasteiger partial charge in [-0.2, -0.15) is 0 Å². The van der Waals surface area contributed by atoms with Crippen molar-refractivity contribution in [3.8, 4) is 11.5 Å². The SMILES string of the molecule is COC(=O)[C@H](Cc1ccccc1)NC(=O)COC(=O)COc1ccc(OC)cc1. The molecule has 0 saturated carbocycles. The first-order chi connectivity index (χ1) is 14.0. The molecule has 2 aromatic rings. The molecule has 29 heavy (non-hydrogen) atoms. The number of rotatable bonds is 10. The van der Waals surface area contributed by atoms with E-state index in [1.165, 1.54) is 7.11 Å². The van der Waals surface area contributed by atoms with Crippen molar-refractivity contribution in [3.63, 3.8) is 0 Å². The second-order valence-electron chi connectivity index (χ2n) is 5.96. The van der Waals surface area contributed by atoms with Crippen molar-refractivity contribution in [2.24, 2.45) is 0 Å². The fourth-order valence-corrected chi connectivity index (χ4v) is 2.42. The zero-order valence-corrected chi connectivity index (χ0v) is 16.3. The predicted octanol–water partition coefficient (Wildman–Crippen LogP) is 1.52. The molecule has 8 heteroatoms. The number of methoxy groups -OCH3 is 2. The fraction of sp³-hybridized carbons (Fsp3) is 0.286. The minimum absolute atomic E-state index is 0.258. The normalized spacial score (nSPS) is 11.1. The second kappa shape index (κ2) is 11.3. The van der Waals surface area contributed by atoms with E-state index in [1.807, 2.05) is 30.3 Å². The van der Waals surface area contributed by atoms with Gasteiger partial charge in [0, 0.05) is 6.42 Å². The Morgan fingerprint density at radius 1 is 0.897 bits per heavy atom. The Hall–Kier alpha value is -3.55. The molecule has 0 aliphatic carbocycles. The van der Waals surface area contributed by atoms with E-state index < -0.39 is 30.5 Å². The Kier molecular flexibility index (Phi) is 8.50. The van der Waals surface area contributed by atoms with Gasteiger partial charge in [0.1, 0.15) is 17.5 Å². The quantitative estimate of drug-likeness (QED) is 0.603. The second-order valence-corrected chi connectivity index (χ2v) is 5.96. The summed E-state index contributed by atoms with van der Waals surface area (Å²) in [7, 11) is 2.78. The largest absolute Gasteiger partial charge is 0.497 e. The van der Waals surface area contributed by atoms with Gasteiger partial charge in [0.15, 0.2) is 13.2 Å². The molecule has 154 valence electrons. The van der Waals surface area contributed by atoms with E-state index in [2.05, 4.69) is 5.32 Å². The van der Waals surface area contributed by atoms with E-state index in [-0.39, 0.29) is 13.0 Å². The van der Waals surface area contributed by atoms with E-state index in [9.17, 15) is 14.4 Å². The lowest BCUT2D eigenvalue weighted by Crippen LogP contribution is -2.44. The zero-order chi connectivity index (χ0) is 21.1. The molecule has 0 bridgehead atoms. The third-order valence-corrected chi connectivity index (χ3v) is 3.88. The number of carbonyl (C=O) groups excluding carboxylic acids is 3. The van der Waals surface area contributed by atoms with E-state index in [0.717, 1.165) is 5.56 Å². The van der Waals surface area contributed by atoms with Crippen LogP contribution < -0.4 is 14.8 Å². The molecular formula is C21H23NO7. The van der Waals surface area contributed by atoms with Crippen LogP contribution in [0.4, 0.5) is 0 Å². The van der Waals surface area contributed by atoms with E-state index in [4.69, 9.17) is 18.9 Å². The Labute approximate surface area is 168 Å². The van der Waals surface area contributed by atoms with Crippen LogP contribution in [-0.4, -0.2) is 51.3 Å². The molecule has 0 saturated heterocycles. The average Bonchev–Trinajstić information content (AvgIpc) is 2.76. The van der Waals surface area contributed by atoms with E-state index in [0.29, 0.717) is 11.5 Å². The fourth-order valence-electron chi connectivity index (χ4n) is 2.42. The van der Waals surface area contributed by atoms with Crippen LogP contribution in [-0.2, 0) is 30.3 Å². The molecule has 0 aliphatic rings. The first kappa shape index (κ1) is 21.7. The standard InChI is InChI=1S/C21H23NO7/c1-26-16-8-10-17(11-9-16)28-14-20(24)29-13-19(23)22-18(21(25)27-2)12-15-6-4-3-5-7-15/h3-11,18H,12-14H2,1-2H3,(H,22,23)/t18-/m0/s1. The third-order valence-electron chi connectivity index (χ3n) is 3.88. The van der Waals surface area contributed by atoms with Crippen LogP contribution in [0.1, 0.15) is 5.56 Å². The molecule has 0 radical (unpaired) electrons. The number of hydrogen-bond donors (Lipinski definition) is 1. The first-order valence-corrected chi connectivity index (χ1v) is 8.85. The lowest BCUT2D eigenvalue weighted by Gasteiger charge is -2.16. The number of esters is 2. The molecule has 1 N–H and O–H groups in total. The maximum absolute atomic E-state index is 12.1. The number of nitrogens with one attached hydrogen (secondary N) is 1. The van der Waals surface area contributed by atoms with Gasteiger partial charge in [0.05, 0.1) is 14.2 Å². The Balaban J connectivity index is 1.78. The van der Waals surface area contributed by atoms with Gasteiger partial charge < -0.3 is 24.3 Å². The summed E-state index contributed by atoms with van der Waals surface area (Å²) in [4.78, 5) is 35.8. The Bertz CT molecular complexity index is 806. The molecule has 2 rings (SSSR count). The molecule has 0 aliphatic heterocycles. The minimum atomic E-state index is -0.885. The molecule has 0 aromatic heterocycles. The summed E-state index contributed by atoms with van der Waals surface area (Å²) in [5.74, 6) is -0.799. The summed E-state index contributed by atoms with van der Waals surface area (Å²) < 4.78 is 19.9. The summed E-state index contributed by atoms with van der Waals surface area (Å²) >= 11 is 0. The van der Waals surface area contributed by atoms with Crippen molar-refractivity contribution in [3.05, 3.63) is 60.2 Å². The van der Waals surface area contributed by atoms with Crippen molar-refractivity contribution in [1.29, 1.82) is 0 Å². The third kappa shape index (κ3) is 7.53. The first-order valence-electron chi connectivity index (χ1n) is 8.85. The summed E-state index contributed by atoms with van der Waals surface area (Å²) in [6.07, 6.45) is 0.258. The number of amides is 1. The van der Waals surface area contributed by atoms with Crippen LogP contribution in [0.2, 0.25) is 0 Å². The van der Waals surface area contributed by atoms with Gasteiger partial charge in [-0.05, 0) is 29.8 Å². The smallest absolute Gasteiger partial charge is 0.344 e. The minimum Gasteiger partial charge on any atom is -0.497 e. The maximum atomic E-state index is 12.1. The van der Waals surface area contributed by atoms with Crippen molar-refractivity contribution in [2.45, 2.75) is 12.5 Å². The summed E-state index contributed by atoms with van der Waals surface area (Å²) in [6.45, 7) is -0.892. The highest BCUT2D eigenvalue weighted by Crippen LogP contribution is 2.16. The molecular weight excluding hydrogens is 378 g/mol. The van der Waals surface area contributed by atoms with Crippen LogP contribution in [0.5, 0.6) is 11.5 Å². The summed E-state index contributed by atoms with van der Waals surface area (Å²) in [5, 5.41) is 2.51. The maximum Gasteiger partial charge on any atom is 0.344 e. The van der Waals surface area contributed by atoms with Crippen LogP contribution in [0.25, 0.3) is 0 Å². The van der Waals surface area contributed by atoms with Crippen molar-refractivity contribution in [1.82, 2.24) is 5.32 Å². The van der Waals surface area contributed by atoms with Crippen LogP contribution in [0, 0.1) is 0 Å². The highest BCUT2D eigenvalue weighted by atomic mass is 16.6. The van der Waals surface area contributed by atoms with Crippen LogP contribution >= 0.6 is 0 Å². The van der Waals surface area contributed by atoms with Crippen LogP contribution in [0.15, 0.2) is 54.6 Å². The van der Waals surface area contributed by atoms with Gasteiger partial charge in [-0.15, -0.1) is 0 Å². The van der Waals surface area contributed by atoms with E-state index >= 15 is 0 Å².